The highest BCUT2D eigenvalue weighted by atomic mass is 16.2. The van der Waals surface area contributed by atoms with Crippen molar-refractivity contribution in [3.63, 3.8) is 0 Å². The first-order valence-electron chi connectivity index (χ1n) is 9.77. The first kappa shape index (κ1) is 18.4. The van der Waals surface area contributed by atoms with Crippen LogP contribution in [0, 0.1) is 17.8 Å². The highest BCUT2D eigenvalue weighted by Gasteiger charge is 2.36. The van der Waals surface area contributed by atoms with Crippen molar-refractivity contribution in [3.05, 3.63) is 35.9 Å². The van der Waals surface area contributed by atoms with E-state index in [1.165, 1.54) is 18.4 Å². The molecule has 2 fully saturated rings. The monoisotopic (exact) mass is 343 g/mol. The van der Waals surface area contributed by atoms with Crippen LogP contribution in [0.15, 0.2) is 30.3 Å². The van der Waals surface area contributed by atoms with Crippen LogP contribution in [0.25, 0.3) is 0 Å². The molecule has 2 aliphatic rings. The van der Waals surface area contributed by atoms with E-state index in [9.17, 15) is 4.79 Å². The lowest BCUT2D eigenvalue weighted by Gasteiger charge is -2.45. The Labute approximate surface area is 152 Å². The molecule has 138 valence electrons. The standard InChI is InChI=1S/C21H33N3O/c1-16-13-24(15-19-7-5-4-6-8-19)14-17(2)21(16)23(3)20(25)12-22-11-18-9-10-18/h4-8,16-18,21-22H,9-15H2,1-3H3. The Morgan fingerprint density at radius 2 is 1.80 bits per heavy atom. The SMILES string of the molecule is CC1CN(Cc2ccccc2)CC(C)C1N(C)C(=O)CNCC1CC1. The molecule has 1 saturated carbocycles. The summed E-state index contributed by atoms with van der Waals surface area (Å²) in [5.41, 5.74) is 1.37. The second-order valence-electron chi connectivity index (χ2n) is 8.20. The molecule has 1 amide bonds. The van der Waals surface area contributed by atoms with Crippen molar-refractivity contribution in [2.75, 3.05) is 33.2 Å². The van der Waals surface area contributed by atoms with Gasteiger partial charge in [-0.2, -0.15) is 0 Å². The van der Waals surface area contributed by atoms with Gasteiger partial charge in [-0.1, -0.05) is 44.2 Å². The average Bonchev–Trinajstić information content (AvgIpc) is 3.39. The largest absolute Gasteiger partial charge is 0.341 e. The van der Waals surface area contributed by atoms with Gasteiger partial charge in [-0.25, -0.2) is 0 Å². The van der Waals surface area contributed by atoms with Crippen LogP contribution in [0.4, 0.5) is 0 Å². The lowest BCUT2D eigenvalue weighted by molar-refractivity contribution is -0.134. The highest BCUT2D eigenvalue weighted by molar-refractivity contribution is 5.78. The number of rotatable bonds is 7. The molecule has 1 aliphatic carbocycles. The zero-order chi connectivity index (χ0) is 17.8. The Hall–Kier alpha value is -1.39. The molecule has 4 nitrogen and oxygen atoms in total. The number of hydrogen-bond donors (Lipinski definition) is 1. The molecule has 1 N–H and O–H groups in total. The number of piperidine rings is 1. The van der Waals surface area contributed by atoms with E-state index in [0.29, 0.717) is 24.4 Å². The van der Waals surface area contributed by atoms with Gasteiger partial charge in [-0.3, -0.25) is 9.69 Å². The fraction of sp³-hybridized carbons (Fsp3) is 0.667. The maximum Gasteiger partial charge on any atom is 0.236 e. The quantitative estimate of drug-likeness (QED) is 0.827. The molecular formula is C21H33N3O. The lowest BCUT2D eigenvalue weighted by Crippen LogP contribution is -2.56. The van der Waals surface area contributed by atoms with E-state index >= 15 is 0 Å². The molecule has 3 rings (SSSR count). The molecule has 0 spiro atoms. The van der Waals surface area contributed by atoms with Crippen molar-refractivity contribution < 1.29 is 4.79 Å². The molecule has 0 radical (unpaired) electrons. The number of nitrogens with one attached hydrogen (secondary N) is 1. The number of benzene rings is 1. The van der Waals surface area contributed by atoms with Crippen LogP contribution in [-0.2, 0) is 11.3 Å². The van der Waals surface area contributed by atoms with Crippen molar-refractivity contribution >= 4 is 5.91 Å². The normalized spacial score (nSPS) is 27.2. The molecule has 1 aliphatic heterocycles. The van der Waals surface area contributed by atoms with E-state index < -0.39 is 0 Å². The first-order valence-corrected chi connectivity index (χ1v) is 9.77. The second-order valence-corrected chi connectivity index (χ2v) is 8.20. The summed E-state index contributed by atoms with van der Waals surface area (Å²) in [5, 5.41) is 3.34. The number of nitrogens with zero attached hydrogens (tertiary/aromatic N) is 2. The van der Waals surface area contributed by atoms with E-state index in [1.807, 2.05) is 11.9 Å². The molecule has 1 aromatic rings. The number of likely N-dealkylation sites (N-methyl/N-ethyl adjacent to an activating group) is 1. The van der Waals surface area contributed by atoms with Gasteiger partial charge in [0, 0.05) is 32.7 Å². The van der Waals surface area contributed by atoms with Crippen molar-refractivity contribution in [2.24, 2.45) is 17.8 Å². The van der Waals surface area contributed by atoms with E-state index in [-0.39, 0.29) is 5.91 Å². The third-order valence-corrected chi connectivity index (χ3v) is 5.75. The van der Waals surface area contributed by atoms with E-state index in [4.69, 9.17) is 0 Å². The average molecular weight is 344 g/mol. The van der Waals surface area contributed by atoms with Gasteiger partial charge in [0.1, 0.15) is 0 Å². The lowest BCUT2D eigenvalue weighted by atomic mass is 9.84. The fourth-order valence-corrected chi connectivity index (χ4v) is 4.40. The van der Waals surface area contributed by atoms with Crippen LogP contribution in [0.2, 0.25) is 0 Å². The summed E-state index contributed by atoms with van der Waals surface area (Å²) in [4.78, 5) is 17.1. The van der Waals surface area contributed by atoms with Gasteiger partial charge in [0.05, 0.1) is 6.54 Å². The minimum absolute atomic E-state index is 0.237. The summed E-state index contributed by atoms with van der Waals surface area (Å²) in [6, 6.07) is 11.0. The molecular weight excluding hydrogens is 310 g/mol. The Balaban J connectivity index is 1.51. The van der Waals surface area contributed by atoms with Gasteiger partial charge in [-0.15, -0.1) is 0 Å². The number of carbonyl (C=O) groups excluding carboxylic acids is 1. The minimum Gasteiger partial charge on any atom is -0.341 e. The highest BCUT2D eigenvalue weighted by Crippen LogP contribution is 2.28. The summed E-state index contributed by atoms with van der Waals surface area (Å²) in [6.45, 7) is 9.17. The van der Waals surface area contributed by atoms with E-state index in [1.54, 1.807) is 0 Å². The van der Waals surface area contributed by atoms with Crippen LogP contribution in [0.3, 0.4) is 0 Å². The summed E-state index contributed by atoms with van der Waals surface area (Å²) < 4.78 is 0. The summed E-state index contributed by atoms with van der Waals surface area (Å²) in [7, 11) is 1.99. The summed E-state index contributed by atoms with van der Waals surface area (Å²) >= 11 is 0. The summed E-state index contributed by atoms with van der Waals surface area (Å²) in [6.07, 6.45) is 2.65. The predicted octanol–water partition coefficient (Wildman–Crippen LogP) is 2.60. The molecule has 1 heterocycles. The van der Waals surface area contributed by atoms with Crippen LogP contribution < -0.4 is 5.32 Å². The molecule has 2 unspecified atom stereocenters. The van der Waals surface area contributed by atoms with Gasteiger partial charge < -0.3 is 10.2 Å². The third-order valence-electron chi connectivity index (χ3n) is 5.75. The maximum atomic E-state index is 12.6. The molecule has 1 saturated heterocycles. The molecule has 1 aromatic carbocycles. The number of hydrogen-bond acceptors (Lipinski definition) is 3. The smallest absolute Gasteiger partial charge is 0.236 e. The zero-order valence-corrected chi connectivity index (χ0v) is 15.9. The zero-order valence-electron chi connectivity index (χ0n) is 15.9. The molecule has 4 heteroatoms. The maximum absolute atomic E-state index is 12.6. The number of amides is 1. The van der Waals surface area contributed by atoms with Gasteiger partial charge in [-0.05, 0) is 42.7 Å². The molecule has 0 aromatic heterocycles. The van der Waals surface area contributed by atoms with Gasteiger partial charge in [0.2, 0.25) is 5.91 Å². The summed E-state index contributed by atoms with van der Waals surface area (Å²) in [5.74, 6) is 2.03. The van der Waals surface area contributed by atoms with Crippen molar-refractivity contribution in [2.45, 2.75) is 39.3 Å². The number of carbonyl (C=O) groups is 1. The van der Waals surface area contributed by atoms with Crippen LogP contribution in [0.1, 0.15) is 32.3 Å². The van der Waals surface area contributed by atoms with Crippen LogP contribution in [-0.4, -0.2) is 55.0 Å². The second kappa shape index (κ2) is 8.33. The molecule has 0 bridgehead atoms. The van der Waals surface area contributed by atoms with Crippen LogP contribution in [0.5, 0.6) is 0 Å². The molecule has 2 atom stereocenters. The van der Waals surface area contributed by atoms with Gasteiger partial charge in [0.15, 0.2) is 0 Å². The topological polar surface area (TPSA) is 35.6 Å². The Morgan fingerprint density at radius 1 is 1.16 bits per heavy atom. The van der Waals surface area contributed by atoms with Crippen molar-refractivity contribution in [1.29, 1.82) is 0 Å². The van der Waals surface area contributed by atoms with Crippen LogP contribution >= 0.6 is 0 Å². The van der Waals surface area contributed by atoms with Gasteiger partial charge in [0.25, 0.3) is 0 Å². The predicted molar refractivity (Wildman–Crippen MR) is 102 cm³/mol. The third kappa shape index (κ3) is 5.05. The van der Waals surface area contributed by atoms with E-state index in [0.717, 1.165) is 32.1 Å². The van der Waals surface area contributed by atoms with E-state index in [2.05, 4.69) is 54.4 Å². The van der Waals surface area contributed by atoms with Gasteiger partial charge >= 0.3 is 0 Å². The van der Waals surface area contributed by atoms with Crippen molar-refractivity contribution in [1.82, 2.24) is 15.1 Å². The molecule has 25 heavy (non-hydrogen) atoms. The Morgan fingerprint density at radius 3 is 2.40 bits per heavy atom. The Kier molecular flexibility index (Phi) is 6.13. The number of likely N-dealkylation sites (tertiary alicyclic amines) is 1. The van der Waals surface area contributed by atoms with Crippen molar-refractivity contribution in [3.8, 4) is 0 Å². The fourth-order valence-electron chi connectivity index (χ4n) is 4.40. The first-order chi connectivity index (χ1) is 12.0. The Bertz CT molecular complexity index is 546. The minimum atomic E-state index is 0.237.